The highest BCUT2D eigenvalue weighted by molar-refractivity contribution is 9.15. The molecule has 2 amide bonds. The maximum atomic E-state index is 13.2. The average Bonchev–Trinajstić information content (AvgIpc) is 2.83. The van der Waals surface area contributed by atoms with Crippen LogP contribution in [0.3, 0.4) is 0 Å². The summed E-state index contributed by atoms with van der Waals surface area (Å²) in [5.74, 6) is -0.886. The van der Waals surface area contributed by atoms with Gasteiger partial charge in [0, 0.05) is 5.56 Å². The van der Waals surface area contributed by atoms with Crippen LogP contribution in [0.2, 0.25) is 0 Å². The van der Waals surface area contributed by atoms with Crippen molar-refractivity contribution in [2.24, 2.45) is 0 Å². The minimum atomic E-state index is -0.507. The van der Waals surface area contributed by atoms with Crippen LogP contribution in [-0.4, -0.2) is 29.6 Å². The molecule has 0 saturated heterocycles. The predicted molar refractivity (Wildman–Crippen MR) is 130 cm³/mol. The Morgan fingerprint density at radius 3 is 2.06 bits per heavy atom. The van der Waals surface area contributed by atoms with Gasteiger partial charge in [0.05, 0.1) is 17.1 Å². The SMILES string of the molecule is Cc1ccc(C(=O)N/C(C(=O)N[C@H](CO)Cc2ccccc2)=C(\Br)c2ccccc2)cc1. The Bertz CT molecular complexity index is 1080. The van der Waals surface area contributed by atoms with Crippen molar-refractivity contribution >= 4 is 32.2 Å². The van der Waals surface area contributed by atoms with Crippen LogP contribution in [-0.2, 0) is 11.2 Å². The first-order valence-corrected chi connectivity index (χ1v) is 11.1. The van der Waals surface area contributed by atoms with E-state index in [1.165, 1.54) is 0 Å². The summed E-state index contributed by atoms with van der Waals surface area (Å²) in [5.41, 5.74) is 3.28. The summed E-state index contributed by atoms with van der Waals surface area (Å²) in [7, 11) is 0. The van der Waals surface area contributed by atoms with Gasteiger partial charge in [0.25, 0.3) is 11.8 Å². The van der Waals surface area contributed by atoms with E-state index in [1.54, 1.807) is 12.1 Å². The summed E-state index contributed by atoms with van der Waals surface area (Å²) in [4.78, 5) is 26.1. The summed E-state index contributed by atoms with van der Waals surface area (Å²) in [5, 5.41) is 15.4. The van der Waals surface area contributed by atoms with Gasteiger partial charge < -0.3 is 15.7 Å². The number of nitrogens with one attached hydrogen (secondary N) is 2. The molecule has 0 saturated carbocycles. The molecule has 0 fully saturated rings. The molecule has 0 aliphatic heterocycles. The first kappa shape index (κ1) is 23.4. The summed E-state index contributed by atoms with van der Waals surface area (Å²) >= 11 is 3.49. The molecule has 3 aromatic carbocycles. The van der Waals surface area contributed by atoms with Crippen molar-refractivity contribution in [1.82, 2.24) is 10.6 Å². The fraction of sp³-hybridized carbons (Fsp3) is 0.154. The lowest BCUT2D eigenvalue weighted by atomic mass is 10.1. The molecule has 0 spiro atoms. The predicted octanol–water partition coefficient (Wildman–Crippen LogP) is 4.21. The smallest absolute Gasteiger partial charge is 0.269 e. The molecule has 0 bridgehead atoms. The van der Waals surface area contributed by atoms with Gasteiger partial charge in [-0.25, -0.2) is 0 Å². The third-order valence-corrected chi connectivity index (χ3v) is 5.76. The van der Waals surface area contributed by atoms with Gasteiger partial charge in [0.2, 0.25) is 0 Å². The largest absolute Gasteiger partial charge is 0.394 e. The molecule has 164 valence electrons. The molecule has 0 radical (unpaired) electrons. The molecule has 0 aromatic heterocycles. The van der Waals surface area contributed by atoms with Crippen molar-refractivity contribution in [3.8, 4) is 0 Å². The van der Waals surface area contributed by atoms with Crippen LogP contribution >= 0.6 is 15.9 Å². The zero-order valence-electron chi connectivity index (χ0n) is 17.7. The van der Waals surface area contributed by atoms with E-state index in [9.17, 15) is 14.7 Å². The Hall–Kier alpha value is -3.22. The number of rotatable bonds is 8. The third kappa shape index (κ3) is 6.39. The molecule has 0 unspecified atom stereocenters. The van der Waals surface area contributed by atoms with E-state index in [2.05, 4.69) is 26.6 Å². The molecule has 6 heteroatoms. The molecule has 5 nitrogen and oxygen atoms in total. The Morgan fingerprint density at radius 2 is 1.47 bits per heavy atom. The monoisotopic (exact) mass is 492 g/mol. The topological polar surface area (TPSA) is 78.4 Å². The van der Waals surface area contributed by atoms with Gasteiger partial charge in [0.15, 0.2) is 0 Å². The van der Waals surface area contributed by atoms with Crippen LogP contribution in [0.4, 0.5) is 0 Å². The molecule has 0 aliphatic carbocycles. The van der Waals surface area contributed by atoms with Gasteiger partial charge in [-0.15, -0.1) is 0 Å². The van der Waals surface area contributed by atoms with Crippen LogP contribution in [0.15, 0.2) is 90.6 Å². The van der Waals surface area contributed by atoms with Crippen molar-refractivity contribution < 1.29 is 14.7 Å². The summed E-state index contributed by atoms with van der Waals surface area (Å²) in [6.07, 6.45) is 0.464. The van der Waals surface area contributed by atoms with Crippen LogP contribution in [0.25, 0.3) is 4.48 Å². The Balaban J connectivity index is 1.86. The van der Waals surface area contributed by atoms with Gasteiger partial charge >= 0.3 is 0 Å². The van der Waals surface area contributed by atoms with Crippen molar-refractivity contribution in [2.45, 2.75) is 19.4 Å². The minimum Gasteiger partial charge on any atom is -0.394 e. The normalized spacial score (nSPS) is 12.5. The Labute approximate surface area is 196 Å². The van der Waals surface area contributed by atoms with Crippen LogP contribution in [0.5, 0.6) is 0 Å². The first-order chi connectivity index (χ1) is 15.5. The maximum absolute atomic E-state index is 13.2. The molecule has 3 N–H and O–H groups in total. The molecule has 1 atom stereocenters. The van der Waals surface area contributed by atoms with E-state index in [-0.39, 0.29) is 12.3 Å². The second-order valence-corrected chi connectivity index (χ2v) is 8.21. The second kappa shape index (κ2) is 11.4. The van der Waals surface area contributed by atoms with E-state index >= 15 is 0 Å². The number of aryl methyl sites for hydroxylation is 1. The molecule has 0 aliphatic rings. The van der Waals surface area contributed by atoms with Gasteiger partial charge in [-0.2, -0.15) is 0 Å². The number of amides is 2. The number of aliphatic hydroxyl groups excluding tert-OH is 1. The van der Waals surface area contributed by atoms with E-state index in [0.717, 1.165) is 16.7 Å². The Morgan fingerprint density at radius 1 is 0.875 bits per heavy atom. The molecular weight excluding hydrogens is 468 g/mol. The highest BCUT2D eigenvalue weighted by Gasteiger charge is 2.22. The molecule has 0 heterocycles. The fourth-order valence-corrected chi connectivity index (χ4v) is 3.69. The van der Waals surface area contributed by atoms with Gasteiger partial charge in [-0.3, -0.25) is 9.59 Å². The van der Waals surface area contributed by atoms with Gasteiger partial charge in [-0.1, -0.05) is 78.4 Å². The number of halogens is 1. The first-order valence-electron chi connectivity index (χ1n) is 10.3. The van der Waals surface area contributed by atoms with Crippen molar-refractivity contribution in [3.05, 3.63) is 113 Å². The number of hydrogen-bond acceptors (Lipinski definition) is 3. The number of carbonyl (C=O) groups is 2. The van der Waals surface area contributed by atoms with Crippen molar-refractivity contribution in [3.63, 3.8) is 0 Å². The van der Waals surface area contributed by atoms with Crippen LogP contribution < -0.4 is 10.6 Å². The van der Waals surface area contributed by atoms with E-state index in [1.807, 2.05) is 79.7 Å². The lowest BCUT2D eigenvalue weighted by molar-refractivity contribution is -0.118. The highest BCUT2D eigenvalue weighted by atomic mass is 79.9. The van der Waals surface area contributed by atoms with Crippen molar-refractivity contribution in [1.29, 1.82) is 0 Å². The number of carbonyl (C=O) groups excluding carboxylic acids is 2. The standard InChI is InChI=1S/C26H25BrN2O3/c1-18-12-14-21(15-13-18)25(31)29-24(23(27)20-10-6-3-7-11-20)26(32)28-22(17-30)16-19-8-4-2-5-9-19/h2-15,22,30H,16-17H2,1H3,(H,28,32)(H,29,31)/b24-23-/t22-/m0/s1. The molecule has 32 heavy (non-hydrogen) atoms. The number of hydrogen-bond donors (Lipinski definition) is 3. The lowest BCUT2D eigenvalue weighted by Crippen LogP contribution is -2.43. The lowest BCUT2D eigenvalue weighted by Gasteiger charge is -2.19. The minimum absolute atomic E-state index is 0.0771. The number of benzene rings is 3. The zero-order valence-corrected chi connectivity index (χ0v) is 19.3. The zero-order chi connectivity index (χ0) is 22.9. The molecule has 3 rings (SSSR count). The molecular formula is C26H25BrN2O3. The van der Waals surface area contributed by atoms with E-state index in [0.29, 0.717) is 16.5 Å². The van der Waals surface area contributed by atoms with Crippen LogP contribution in [0, 0.1) is 6.92 Å². The van der Waals surface area contributed by atoms with Gasteiger partial charge in [0.1, 0.15) is 5.70 Å². The maximum Gasteiger partial charge on any atom is 0.269 e. The summed E-state index contributed by atoms with van der Waals surface area (Å²) in [6.45, 7) is 1.71. The summed E-state index contributed by atoms with van der Waals surface area (Å²) < 4.78 is 0.451. The summed E-state index contributed by atoms with van der Waals surface area (Å²) in [6, 6.07) is 25.4. The fourth-order valence-electron chi connectivity index (χ4n) is 3.15. The molecule has 3 aromatic rings. The number of aliphatic hydroxyl groups is 1. The van der Waals surface area contributed by atoms with E-state index < -0.39 is 17.9 Å². The Kier molecular flexibility index (Phi) is 8.36. The van der Waals surface area contributed by atoms with E-state index in [4.69, 9.17) is 0 Å². The quantitative estimate of drug-likeness (QED) is 0.412. The third-order valence-electron chi connectivity index (χ3n) is 4.91. The second-order valence-electron chi connectivity index (χ2n) is 7.42. The van der Waals surface area contributed by atoms with Crippen LogP contribution in [0.1, 0.15) is 27.0 Å². The van der Waals surface area contributed by atoms with Crippen molar-refractivity contribution in [2.75, 3.05) is 6.61 Å². The highest BCUT2D eigenvalue weighted by Crippen LogP contribution is 2.24. The van der Waals surface area contributed by atoms with Gasteiger partial charge in [-0.05, 0) is 52.5 Å². The average molecular weight is 493 g/mol.